The Morgan fingerprint density at radius 3 is 2.39 bits per heavy atom. The highest BCUT2D eigenvalue weighted by atomic mass is 35.5. The monoisotopic (exact) mass is 479 g/mol. The van der Waals surface area contributed by atoms with Crippen LogP contribution in [0, 0.1) is 19.8 Å². The third kappa shape index (κ3) is 4.50. The number of carboxylic acid groups (broad SMARTS) is 1. The maximum atomic E-state index is 10.9. The van der Waals surface area contributed by atoms with Gasteiger partial charge in [-0.2, -0.15) is 0 Å². The lowest BCUT2D eigenvalue weighted by Crippen LogP contribution is -2.34. The van der Waals surface area contributed by atoms with Crippen LogP contribution in [0.4, 0.5) is 5.82 Å². The van der Waals surface area contributed by atoms with Gasteiger partial charge < -0.3 is 14.6 Å². The van der Waals surface area contributed by atoms with Gasteiger partial charge in [0.15, 0.2) is 0 Å². The summed E-state index contributed by atoms with van der Waals surface area (Å²) in [6, 6.07) is 5.44. The second-order valence-corrected chi connectivity index (χ2v) is 9.50. The lowest BCUT2D eigenvalue weighted by atomic mass is 9.92. The van der Waals surface area contributed by atoms with Crippen molar-refractivity contribution in [3.8, 4) is 5.69 Å². The lowest BCUT2D eigenvalue weighted by Gasteiger charge is -2.33. The van der Waals surface area contributed by atoms with Gasteiger partial charge in [-0.25, -0.2) is 4.98 Å². The van der Waals surface area contributed by atoms with E-state index in [1.807, 2.05) is 23.8 Å². The van der Waals surface area contributed by atoms with Gasteiger partial charge in [-0.15, -0.1) is 0 Å². The first-order chi connectivity index (χ1) is 14.7. The minimum absolute atomic E-state index is 0.238. The molecule has 8 heteroatoms. The zero-order chi connectivity index (χ0) is 22.3. The van der Waals surface area contributed by atoms with Crippen LogP contribution in [-0.4, -0.2) is 33.7 Å². The Morgan fingerprint density at radius 1 is 1.13 bits per heavy atom. The minimum Gasteiger partial charge on any atom is -0.481 e. The van der Waals surface area contributed by atoms with Crippen molar-refractivity contribution >= 4 is 57.5 Å². The van der Waals surface area contributed by atoms with E-state index in [1.54, 1.807) is 12.1 Å². The first-order valence-corrected chi connectivity index (χ1v) is 11.5. The average molecular weight is 481 g/mol. The van der Waals surface area contributed by atoms with Gasteiger partial charge in [0.05, 0.1) is 21.2 Å². The summed E-state index contributed by atoms with van der Waals surface area (Å²) >= 11 is 19.1. The number of carbonyl (C=O) groups is 1. The summed E-state index contributed by atoms with van der Waals surface area (Å²) in [4.78, 5) is 18.1. The molecule has 0 radical (unpaired) electrons. The topological polar surface area (TPSA) is 58.4 Å². The van der Waals surface area contributed by atoms with Crippen molar-refractivity contribution in [2.45, 2.75) is 39.5 Å². The molecule has 0 saturated carbocycles. The third-order valence-corrected chi connectivity index (χ3v) is 6.78. The maximum Gasteiger partial charge on any atom is 0.303 e. The van der Waals surface area contributed by atoms with Crippen LogP contribution in [0.5, 0.6) is 0 Å². The van der Waals surface area contributed by atoms with Crippen molar-refractivity contribution in [1.29, 1.82) is 0 Å². The van der Waals surface area contributed by atoms with Crippen molar-refractivity contribution in [1.82, 2.24) is 9.55 Å². The van der Waals surface area contributed by atoms with E-state index >= 15 is 0 Å². The molecule has 3 aromatic rings. The van der Waals surface area contributed by atoms with E-state index in [0.29, 0.717) is 26.7 Å². The molecular weight excluding hydrogens is 457 g/mol. The summed E-state index contributed by atoms with van der Waals surface area (Å²) in [6.45, 7) is 5.78. The standard InChI is InChI=1S/C23H24Cl3N3O2/c1-13-12-29(22-17(25)10-16(24)11-18(22)26)19-9-14(2)27-23(21(13)19)28-7-5-15(6-8-28)3-4-20(30)31/h9-12,15H,3-8H2,1-2H3,(H,30,31). The molecule has 4 rings (SSSR count). The van der Waals surface area contributed by atoms with Gasteiger partial charge in [0.25, 0.3) is 0 Å². The molecule has 0 unspecified atom stereocenters. The molecule has 164 valence electrons. The quantitative estimate of drug-likeness (QED) is 0.442. The van der Waals surface area contributed by atoms with E-state index in [1.165, 1.54) is 0 Å². The number of piperidine rings is 1. The van der Waals surface area contributed by atoms with Crippen LogP contribution < -0.4 is 4.90 Å². The summed E-state index contributed by atoms with van der Waals surface area (Å²) in [6.07, 6.45) is 4.96. The highest BCUT2D eigenvalue weighted by molar-refractivity contribution is 6.40. The second-order valence-electron chi connectivity index (χ2n) is 8.24. The van der Waals surface area contributed by atoms with Crippen LogP contribution in [0.3, 0.4) is 0 Å². The van der Waals surface area contributed by atoms with Crippen LogP contribution >= 0.6 is 34.8 Å². The van der Waals surface area contributed by atoms with Gasteiger partial charge in [-0.3, -0.25) is 4.79 Å². The number of rotatable bonds is 5. The molecule has 1 aliphatic rings. The number of nitrogens with zero attached hydrogens (tertiary/aromatic N) is 3. The molecule has 0 spiro atoms. The number of benzene rings is 1. The number of hydrogen-bond acceptors (Lipinski definition) is 3. The Balaban J connectivity index is 1.72. The van der Waals surface area contributed by atoms with Crippen molar-refractivity contribution in [3.63, 3.8) is 0 Å². The lowest BCUT2D eigenvalue weighted by molar-refractivity contribution is -0.137. The summed E-state index contributed by atoms with van der Waals surface area (Å²) < 4.78 is 2.02. The average Bonchev–Trinajstić information content (AvgIpc) is 3.01. The summed E-state index contributed by atoms with van der Waals surface area (Å²) in [7, 11) is 0. The number of halogens is 3. The largest absolute Gasteiger partial charge is 0.481 e. The Bertz CT molecular complexity index is 1130. The predicted octanol–water partition coefficient (Wildman–Crippen LogP) is 6.68. The molecule has 1 saturated heterocycles. The number of fused-ring (bicyclic) bond motifs is 1. The highest BCUT2D eigenvalue weighted by Crippen LogP contribution is 2.39. The summed E-state index contributed by atoms with van der Waals surface area (Å²) in [5.41, 5.74) is 3.71. The molecule has 1 aromatic carbocycles. The van der Waals surface area contributed by atoms with Crippen molar-refractivity contribution in [3.05, 3.63) is 50.7 Å². The molecule has 2 aromatic heterocycles. The normalized spacial score (nSPS) is 15.1. The summed E-state index contributed by atoms with van der Waals surface area (Å²) in [5.74, 6) is 0.690. The van der Waals surface area contributed by atoms with E-state index in [-0.39, 0.29) is 6.42 Å². The Hall–Kier alpha value is -1.95. The fourth-order valence-electron chi connectivity index (χ4n) is 4.48. The molecule has 0 bridgehead atoms. The molecule has 0 atom stereocenters. The number of aryl methyl sites for hydroxylation is 2. The smallest absolute Gasteiger partial charge is 0.303 e. The van der Waals surface area contributed by atoms with Crippen molar-refractivity contribution in [2.75, 3.05) is 18.0 Å². The Morgan fingerprint density at radius 2 is 1.77 bits per heavy atom. The van der Waals surface area contributed by atoms with Gasteiger partial charge in [0.2, 0.25) is 0 Å². The number of carboxylic acids is 1. The first kappa shape index (κ1) is 22.3. The zero-order valence-electron chi connectivity index (χ0n) is 17.5. The molecule has 5 nitrogen and oxygen atoms in total. The summed E-state index contributed by atoms with van der Waals surface area (Å²) in [5, 5.41) is 11.5. The number of hydrogen-bond donors (Lipinski definition) is 1. The Kier molecular flexibility index (Phi) is 6.38. The van der Waals surface area contributed by atoms with Crippen LogP contribution in [0.15, 0.2) is 24.4 Å². The number of aliphatic carboxylic acids is 1. The van der Waals surface area contributed by atoms with E-state index < -0.39 is 5.97 Å². The van der Waals surface area contributed by atoms with Crippen molar-refractivity contribution in [2.24, 2.45) is 5.92 Å². The predicted molar refractivity (Wildman–Crippen MR) is 127 cm³/mol. The number of pyridine rings is 1. The van der Waals surface area contributed by atoms with E-state index in [4.69, 9.17) is 44.9 Å². The van der Waals surface area contributed by atoms with Crippen LogP contribution in [-0.2, 0) is 4.79 Å². The molecule has 0 amide bonds. The Labute approximate surface area is 196 Å². The SMILES string of the molecule is Cc1cc2c(c(C)cn2-c2c(Cl)cc(Cl)cc2Cl)c(N2CCC(CCC(=O)O)CC2)n1. The van der Waals surface area contributed by atoms with Gasteiger partial charge >= 0.3 is 5.97 Å². The number of aromatic nitrogens is 2. The molecule has 3 heterocycles. The number of anilines is 1. The molecule has 31 heavy (non-hydrogen) atoms. The second kappa shape index (κ2) is 8.89. The molecular formula is C23H24Cl3N3O2. The fraction of sp³-hybridized carbons (Fsp3) is 0.391. The third-order valence-electron chi connectivity index (χ3n) is 5.99. The van der Waals surface area contributed by atoms with Crippen molar-refractivity contribution < 1.29 is 9.90 Å². The molecule has 0 aliphatic carbocycles. The molecule has 1 N–H and O–H groups in total. The van der Waals surface area contributed by atoms with E-state index in [2.05, 4.69) is 11.8 Å². The zero-order valence-corrected chi connectivity index (χ0v) is 19.7. The van der Waals surface area contributed by atoms with Crippen LogP contribution in [0.2, 0.25) is 15.1 Å². The van der Waals surface area contributed by atoms with Crippen LogP contribution in [0.25, 0.3) is 16.6 Å². The van der Waals surface area contributed by atoms with E-state index in [9.17, 15) is 4.79 Å². The van der Waals surface area contributed by atoms with Gasteiger partial charge in [-0.1, -0.05) is 34.8 Å². The molecule has 1 fully saturated rings. The van der Waals surface area contributed by atoms with Gasteiger partial charge in [-0.05, 0) is 62.8 Å². The minimum atomic E-state index is -0.721. The van der Waals surface area contributed by atoms with Gasteiger partial charge in [0.1, 0.15) is 5.82 Å². The molecule has 1 aliphatic heterocycles. The van der Waals surface area contributed by atoms with Crippen LogP contribution in [0.1, 0.15) is 36.9 Å². The van der Waals surface area contributed by atoms with E-state index in [0.717, 1.165) is 60.3 Å². The maximum absolute atomic E-state index is 10.9. The first-order valence-electron chi connectivity index (χ1n) is 10.4. The highest BCUT2D eigenvalue weighted by Gasteiger charge is 2.25. The fourth-order valence-corrected chi connectivity index (χ4v) is 5.47. The van der Waals surface area contributed by atoms with Gasteiger partial charge in [0, 0.05) is 41.8 Å².